The number of likely N-dealkylation sites (tertiary alicyclic amines) is 1. The Morgan fingerprint density at radius 2 is 2.05 bits per heavy atom. The summed E-state index contributed by atoms with van der Waals surface area (Å²) in [5.74, 6) is -1.83. The van der Waals surface area contributed by atoms with E-state index in [0.717, 1.165) is 12.8 Å². The Bertz CT molecular complexity index is 306. The fourth-order valence-corrected chi connectivity index (χ4v) is 2.23. The Labute approximate surface area is 114 Å². The maximum absolute atomic E-state index is 13.1. The lowest BCUT2D eigenvalue weighted by Crippen LogP contribution is -2.48. The average molecular weight is 273 g/mol. The first-order valence-corrected chi connectivity index (χ1v) is 7.05. The van der Waals surface area contributed by atoms with E-state index in [1.165, 1.54) is 0 Å². The molecule has 1 unspecified atom stereocenters. The van der Waals surface area contributed by atoms with Crippen LogP contribution < -0.4 is 5.32 Å². The number of piperidine rings is 1. The SMILES string of the molecule is C=C(/N=C\CC)NCC(CC)N1CCC(F)(F)CC1. The molecular weight excluding hydrogens is 248 g/mol. The monoisotopic (exact) mass is 273 g/mol. The molecule has 1 saturated heterocycles. The summed E-state index contributed by atoms with van der Waals surface area (Å²) in [6, 6.07) is 0.268. The van der Waals surface area contributed by atoms with Crippen molar-refractivity contribution in [3.05, 3.63) is 12.4 Å². The third-order valence-corrected chi connectivity index (χ3v) is 3.49. The van der Waals surface area contributed by atoms with Crippen molar-refractivity contribution in [2.45, 2.75) is 51.5 Å². The first-order valence-electron chi connectivity index (χ1n) is 7.05. The Morgan fingerprint density at radius 3 is 2.58 bits per heavy atom. The highest BCUT2D eigenvalue weighted by atomic mass is 19.3. The van der Waals surface area contributed by atoms with E-state index in [2.05, 4.69) is 28.7 Å². The lowest BCUT2D eigenvalue weighted by atomic mass is 10.0. The lowest BCUT2D eigenvalue weighted by molar-refractivity contribution is -0.0629. The number of alkyl halides is 2. The fraction of sp³-hybridized carbons (Fsp3) is 0.786. The molecule has 1 aliphatic rings. The van der Waals surface area contributed by atoms with Gasteiger partial charge >= 0.3 is 0 Å². The van der Waals surface area contributed by atoms with Crippen LogP contribution in [0.3, 0.4) is 0 Å². The maximum atomic E-state index is 13.1. The van der Waals surface area contributed by atoms with Gasteiger partial charge in [-0.1, -0.05) is 20.4 Å². The van der Waals surface area contributed by atoms with Crippen molar-refractivity contribution >= 4 is 6.21 Å². The summed E-state index contributed by atoms with van der Waals surface area (Å²) in [5, 5.41) is 3.16. The molecule has 1 N–H and O–H groups in total. The Kier molecular flexibility index (Phi) is 6.42. The van der Waals surface area contributed by atoms with Crippen molar-refractivity contribution in [1.82, 2.24) is 10.2 Å². The Morgan fingerprint density at radius 1 is 1.42 bits per heavy atom. The molecule has 0 aliphatic carbocycles. The lowest BCUT2D eigenvalue weighted by Gasteiger charge is -2.37. The summed E-state index contributed by atoms with van der Waals surface area (Å²) in [5.41, 5.74) is 0. The van der Waals surface area contributed by atoms with E-state index in [1.807, 2.05) is 6.92 Å². The number of nitrogens with one attached hydrogen (secondary N) is 1. The first kappa shape index (κ1) is 16.1. The van der Waals surface area contributed by atoms with Crippen LogP contribution in [0.25, 0.3) is 0 Å². The van der Waals surface area contributed by atoms with Gasteiger partial charge in [-0.05, 0) is 12.8 Å². The molecule has 0 aromatic rings. The number of nitrogens with zero attached hydrogens (tertiary/aromatic N) is 2. The number of hydrogen-bond donors (Lipinski definition) is 1. The quantitative estimate of drug-likeness (QED) is 0.722. The molecule has 0 spiro atoms. The number of hydrogen-bond acceptors (Lipinski definition) is 3. The van der Waals surface area contributed by atoms with E-state index in [0.29, 0.717) is 25.5 Å². The fourth-order valence-electron chi connectivity index (χ4n) is 2.23. The van der Waals surface area contributed by atoms with Crippen LogP contribution in [0.15, 0.2) is 17.4 Å². The predicted molar refractivity (Wildman–Crippen MR) is 75.8 cm³/mol. The van der Waals surface area contributed by atoms with Crippen molar-refractivity contribution in [2.75, 3.05) is 19.6 Å². The van der Waals surface area contributed by atoms with Gasteiger partial charge in [0.1, 0.15) is 5.82 Å². The van der Waals surface area contributed by atoms with Crippen molar-refractivity contribution in [3.8, 4) is 0 Å². The summed E-state index contributed by atoms with van der Waals surface area (Å²) < 4.78 is 26.2. The highest BCUT2D eigenvalue weighted by Gasteiger charge is 2.35. The van der Waals surface area contributed by atoms with Crippen LogP contribution in [-0.2, 0) is 0 Å². The van der Waals surface area contributed by atoms with E-state index in [1.54, 1.807) is 6.21 Å². The molecular formula is C14H25F2N3. The molecule has 0 aromatic carbocycles. The van der Waals surface area contributed by atoms with Crippen molar-refractivity contribution in [2.24, 2.45) is 4.99 Å². The Balaban J connectivity index is 2.38. The van der Waals surface area contributed by atoms with E-state index < -0.39 is 5.92 Å². The minimum Gasteiger partial charge on any atom is -0.369 e. The zero-order chi connectivity index (χ0) is 14.3. The minimum absolute atomic E-state index is 0.0293. The summed E-state index contributed by atoms with van der Waals surface area (Å²) in [6.07, 6.45) is 3.55. The minimum atomic E-state index is -2.47. The normalized spacial score (nSPS) is 21.5. The molecule has 1 fully saturated rings. The number of aliphatic imine (C=N–C) groups is 1. The maximum Gasteiger partial charge on any atom is 0.250 e. The molecule has 0 radical (unpaired) electrons. The van der Waals surface area contributed by atoms with Gasteiger partial charge in [0.2, 0.25) is 0 Å². The van der Waals surface area contributed by atoms with Crippen molar-refractivity contribution < 1.29 is 8.78 Å². The molecule has 3 nitrogen and oxygen atoms in total. The van der Waals surface area contributed by atoms with Crippen LogP contribution in [-0.4, -0.2) is 42.7 Å². The molecule has 0 saturated carbocycles. The second-order valence-electron chi connectivity index (χ2n) is 5.00. The topological polar surface area (TPSA) is 27.6 Å². The van der Waals surface area contributed by atoms with Gasteiger partial charge in [0.05, 0.1) is 0 Å². The second kappa shape index (κ2) is 7.58. The molecule has 1 rings (SSSR count). The van der Waals surface area contributed by atoms with Gasteiger partial charge in [-0.25, -0.2) is 13.8 Å². The molecule has 1 heterocycles. The highest BCUT2D eigenvalue weighted by Crippen LogP contribution is 2.28. The van der Waals surface area contributed by atoms with Gasteiger partial charge in [-0.2, -0.15) is 0 Å². The van der Waals surface area contributed by atoms with Crippen molar-refractivity contribution in [1.29, 1.82) is 0 Å². The molecule has 110 valence electrons. The molecule has 0 aromatic heterocycles. The highest BCUT2D eigenvalue weighted by molar-refractivity contribution is 5.58. The largest absolute Gasteiger partial charge is 0.369 e. The smallest absolute Gasteiger partial charge is 0.250 e. The van der Waals surface area contributed by atoms with Gasteiger partial charge in [0.15, 0.2) is 0 Å². The van der Waals surface area contributed by atoms with Crippen molar-refractivity contribution in [3.63, 3.8) is 0 Å². The van der Waals surface area contributed by atoms with Crippen LogP contribution in [0.4, 0.5) is 8.78 Å². The third-order valence-electron chi connectivity index (χ3n) is 3.49. The second-order valence-corrected chi connectivity index (χ2v) is 5.00. The number of halogens is 2. The zero-order valence-corrected chi connectivity index (χ0v) is 12.0. The molecule has 5 heteroatoms. The van der Waals surface area contributed by atoms with Crippen LogP contribution in [0, 0.1) is 0 Å². The third kappa shape index (κ3) is 5.68. The molecule has 1 aliphatic heterocycles. The van der Waals surface area contributed by atoms with Gasteiger partial charge in [-0.3, -0.25) is 4.90 Å². The summed E-state index contributed by atoms with van der Waals surface area (Å²) in [4.78, 5) is 6.29. The summed E-state index contributed by atoms with van der Waals surface area (Å²) in [6.45, 7) is 9.56. The van der Waals surface area contributed by atoms with Gasteiger partial charge in [0.25, 0.3) is 5.92 Å². The van der Waals surface area contributed by atoms with Crippen LogP contribution in [0.1, 0.15) is 39.5 Å². The van der Waals surface area contributed by atoms with E-state index in [4.69, 9.17) is 0 Å². The average Bonchev–Trinajstić information content (AvgIpc) is 2.38. The van der Waals surface area contributed by atoms with Gasteiger partial charge in [-0.15, -0.1) is 0 Å². The zero-order valence-electron chi connectivity index (χ0n) is 12.0. The summed E-state index contributed by atoms with van der Waals surface area (Å²) >= 11 is 0. The standard InChI is InChI=1S/C14H25F2N3/c1-4-8-17-12(3)18-11-13(5-2)19-9-6-14(15,16)7-10-19/h8,13,18H,3-7,9-11H2,1-2H3/b17-8-. The predicted octanol–water partition coefficient (Wildman–Crippen LogP) is 3.04. The van der Waals surface area contributed by atoms with E-state index in [-0.39, 0.29) is 18.9 Å². The molecule has 0 amide bonds. The van der Waals surface area contributed by atoms with E-state index in [9.17, 15) is 8.78 Å². The summed E-state index contributed by atoms with van der Waals surface area (Å²) in [7, 11) is 0. The molecule has 0 bridgehead atoms. The van der Waals surface area contributed by atoms with Crippen LogP contribution >= 0.6 is 0 Å². The van der Waals surface area contributed by atoms with Crippen LogP contribution in [0.5, 0.6) is 0 Å². The molecule has 19 heavy (non-hydrogen) atoms. The van der Waals surface area contributed by atoms with E-state index >= 15 is 0 Å². The van der Waals surface area contributed by atoms with Gasteiger partial charge in [0, 0.05) is 44.7 Å². The number of rotatable bonds is 7. The Hall–Kier alpha value is -0.970. The van der Waals surface area contributed by atoms with Crippen LogP contribution in [0.2, 0.25) is 0 Å². The van der Waals surface area contributed by atoms with Gasteiger partial charge < -0.3 is 5.32 Å². The first-order chi connectivity index (χ1) is 8.98. The molecule has 1 atom stereocenters.